The van der Waals surface area contributed by atoms with E-state index < -0.39 is 21.4 Å². The van der Waals surface area contributed by atoms with Gasteiger partial charge in [-0.1, -0.05) is 5.92 Å². The minimum absolute atomic E-state index is 0.0165. The molecule has 1 aromatic carbocycles. The van der Waals surface area contributed by atoms with Gasteiger partial charge < -0.3 is 0 Å². The van der Waals surface area contributed by atoms with E-state index in [0.717, 1.165) is 12.1 Å². The van der Waals surface area contributed by atoms with Crippen molar-refractivity contribution in [2.45, 2.75) is 24.3 Å². The van der Waals surface area contributed by atoms with Gasteiger partial charge in [0.15, 0.2) is 0 Å². The zero-order chi connectivity index (χ0) is 12.4. The van der Waals surface area contributed by atoms with E-state index in [2.05, 4.69) is 10.6 Å². The Balaban J connectivity index is 3.05. The van der Waals surface area contributed by atoms with Gasteiger partial charge in [-0.05, 0) is 38.1 Å². The summed E-state index contributed by atoms with van der Waals surface area (Å²) >= 11 is 0. The van der Waals surface area contributed by atoms with E-state index in [-0.39, 0.29) is 4.90 Å². The number of nitrogens with one attached hydrogen (secondary N) is 1. The molecule has 0 bridgehead atoms. The highest BCUT2D eigenvalue weighted by Gasteiger charge is 2.23. The minimum Gasteiger partial charge on any atom is -0.207 e. The number of sulfonamides is 1. The first-order valence-corrected chi connectivity index (χ1v) is 6.02. The van der Waals surface area contributed by atoms with E-state index in [1.807, 2.05) is 0 Å². The number of terminal acetylenes is 1. The lowest BCUT2D eigenvalue weighted by Gasteiger charge is -2.19. The Kier molecular flexibility index (Phi) is 3.36. The minimum atomic E-state index is -3.71. The molecular formula is C11H12FNO2S. The summed E-state index contributed by atoms with van der Waals surface area (Å²) in [6.07, 6.45) is 5.18. The maximum atomic E-state index is 12.6. The number of hydrogen-bond donors (Lipinski definition) is 1. The van der Waals surface area contributed by atoms with E-state index >= 15 is 0 Å². The maximum absolute atomic E-state index is 12.6. The molecule has 0 aromatic heterocycles. The fourth-order valence-corrected chi connectivity index (χ4v) is 2.38. The Morgan fingerprint density at radius 1 is 1.31 bits per heavy atom. The third kappa shape index (κ3) is 3.05. The van der Waals surface area contributed by atoms with Gasteiger partial charge in [0.25, 0.3) is 0 Å². The number of halogens is 1. The van der Waals surface area contributed by atoms with Crippen molar-refractivity contribution in [3.63, 3.8) is 0 Å². The molecule has 0 atom stereocenters. The van der Waals surface area contributed by atoms with Gasteiger partial charge in [-0.3, -0.25) is 0 Å². The molecule has 0 aliphatic carbocycles. The zero-order valence-corrected chi connectivity index (χ0v) is 9.81. The van der Waals surface area contributed by atoms with Crippen LogP contribution in [0.4, 0.5) is 4.39 Å². The standard InChI is InChI=1S/C11H12FNO2S/c1-4-11(2,3)13-16(14,15)10-7-5-9(12)6-8-10/h1,5-8,13H,2-3H3. The predicted octanol–water partition coefficient (Wildman–Crippen LogP) is 1.52. The second kappa shape index (κ2) is 4.24. The second-order valence-electron chi connectivity index (χ2n) is 3.83. The highest BCUT2D eigenvalue weighted by Crippen LogP contribution is 2.13. The molecule has 5 heteroatoms. The molecule has 1 N–H and O–H groups in total. The van der Waals surface area contributed by atoms with Crippen LogP contribution < -0.4 is 4.72 Å². The van der Waals surface area contributed by atoms with Crippen molar-refractivity contribution in [2.75, 3.05) is 0 Å². The molecule has 0 spiro atoms. The molecule has 3 nitrogen and oxygen atoms in total. The predicted molar refractivity (Wildman–Crippen MR) is 59.6 cm³/mol. The number of hydrogen-bond acceptors (Lipinski definition) is 2. The van der Waals surface area contributed by atoms with E-state index in [4.69, 9.17) is 6.42 Å². The van der Waals surface area contributed by atoms with Gasteiger partial charge in [-0.2, -0.15) is 4.72 Å². The van der Waals surface area contributed by atoms with Gasteiger partial charge in [-0.25, -0.2) is 12.8 Å². The molecule has 0 amide bonds. The van der Waals surface area contributed by atoms with Crippen molar-refractivity contribution in [1.82, 2.24) is 4.72 Å². The van der Waals surface area contributed by atoms with Crippen LogP contribution in [0.5, 0.6) is 0 Å². The molecule has 0 radical (unpaired) electrons. The van der Waals surface area contributed by atoms with Crippen LogP contribution in [-0.2, 0) is 10.0 Å². The Hall–Kier alpha value is -1.38. The Morgan fingerprint density at radius 2 is 1.81 bits per heavy atom. The average Bonchev–Trinajstić information content (AvgIpc) is 2.17. The fourth-order valence-electron chi connectivity index (χ4n) is 1.04. The van der Waals surface area contributed by atoms with Crippen LogP contribution in [0.15, 0.2) is 29.2 Å². The van der Waals surface area contributed by atoms with Crippen LogP contribution in [0.25, 0.3) is 0 Å². The van der Waals surface area contributed by atoms with Crippen LogP contribution in [0.3, 0.4) is 0 Å². The van der Waals surface area contributed by atoms with Crippen molar-refractivity contribution in [3.05, 3.63) is 30.1 Å². The summed E-state index contributed by atoms with van der Waals surface area (Å²) in [4.78, 5) is -0.0165. The van der Waals surface area contributed by atoms with Gasteiger partial charge in [0.1, 0.15) is 5.82 Å². The SMILES string of the molecule is C#CC(C)(C)NS(=O)(=O)c1ccc(F)cc1. The van der Waals surface area contributed by atoms with Crippen LogP contribution in [0.1, 0.15) is 13.8 Å². The smallest absolute Gasteiger partial charge is 0.207 e. The fraction of sp³-hybridized carbons (Fsp3) is 0.273. The highest BCUT2D eigenvalue weighted by atomic mass is 32.2. The van der Waals surface area contributed by atoms with E-state index in [1.54, 1.807) is 13.8 Å². The second-order valence-corrected chi connectivity index (χ2v) is 5.51. The molecule has 0 aliphatic rings. The maximum Gasteiger partial charge on any atom is 0.241 e. The van der Waals surface area contributed by atoms with Crippen molar-refractivity contribution >= 4 is 10.0 Å². The summed E-state index contributed by atoms with van der Waals surface area (Å²) < 4.78 is 38.5. The Labute approximate surface area is 94.7 Å². The third-order valence-electron chi connectivity index (χ3n) is 1.87. The molecule has 16 heavy (non-hydrogen) atoms. The van der Waals surface area contributed by atoms with E-state index in [0.29, 0.717) is 0 Å². The summed E-state index contributed by atoms with van der Waals surface area (Å²) in [5.74, 6) is 1.82. The molecule has 1 aromatic rings. The van der Waals surface area contributed by atoms with Gasteiger partial charge in [-0.15, -0.1) is 6.42 Å². The van der Waals surface area contributed by atoms with E-state index in [1.165, 1.54) is 12.1 Å². The van der Waals surface area contributed by atoms with Gasteiger partial charge in [0, 0.05) is 0 Å². The average molecular weight is 241 g/mol. The summed E-state index contributed by atoms with van der Waals surface area (Å²) in [6, 6.07) is 4.53. The summed E-state index contributed by atoms with van der Waals surface area (Å²) in [5.41, 5.74) is -0.979. The molecular weight excluding hydrogens is 229 g/mol. The van der Waals surface area contributed by atoms with Crippen molar-refractivity contribution in [3.8, 4) is 12.3 Å². The largest absolute Gasteiger partial charge is 0.241 e. The van der Waals surface area contributed by atoms with Crippen LogP contribution in [0, 0.1) is 18.2 Å². The van der Waals surface area contributed by atoms with Crippen molar-refractivity contribution < 1.29 is 12.8 Å². The molecule has 1 rings (SSSR count). The van der Waals surface area contributed by atoms with E-state index in [9.17, 15) is 12.8 Å². The number of benzene rings is 1. The molecule has 0 heterocycles. The third-order valence-corrected chi connectivity index (χ3v) is 3.55. The molecule has 86 valence electrons. The lowest BCUT2D eigenvalue weighted by Crippen LogP contribution is -2.41. The van der Waals surface area contributed by atoms with Crippen LogP contribution in [0.2, 0.25) is 0 Å². The number of rotatable bonds is 3. The zero-order valence-electron chi connectivity index (χ0n) is 8.99. The lowest BCUT2D eigenvalue weighted by molar-refractivity contribution is 0.538. The molecule has 0 saturated carbocycles. The first-order chi connectivity index (χ1) is 7.27. The highest BCUT2D eigenvalue weighted by molar-refractivity contribution is 7.89. The quantitative estimate of drug-likeness (QED) is 0.815. The molecule has 0 fully saturated rings. The molecule has 0 saturated heterocycles. The lowest BCUT2D eigenvalue weighted by atomic mass is 10.1. The summed E-state index contributed by atoms with van der Waals surface area (Å²) in [7, 11) is -3.71. The van der Waals surface area contributed by atoms with Crippen molar-refractivity contribution in [2.24, 2.45) is 0 Å². The Morgan fingerprint density at radius 3 is 2.25 bits per heavy atom. The normalized spacial score (nSPS) is 12.1. The topological polar surface area (TPSA) is 46.2 Å². The molecule has 0 aliphatic heterocycles. The summed E-state index contributed by atoms with van der Waals surface area (Å²) in [6.45, 7) is 3.13. The monoisotopic (exact) mass is 241 g/mol. The van der Waals surface area contributed by atoms with Crippen molar-refractivity contribution in [1.29, 1.82) is 0 Å². The van der Waals surface area contributed by atoms with Gasteiger partial charge in [0.2, 0.25) is 10.0 Å². The first kappa shape index (κ1) is 12.7. The molecule has 0 unspecified atom stereocenters. The van der Waals surface area contributed by atoms with Crippen LogP contribution in [-0.4, -0.2) is 14.0 Å². The van der Waals surface area contributed by atoms with Gasteiger partial charge >= 0.3 is 0 Å². The first-order valence-electron chi connectivity index (χ1n) is 4.54. The Bertz CT molecular complexity index is 512. The van der Waals surface area contributed by atoms with Gasteiger partial charge in [0.05, 0.1) is 10.4 Å². The summed E-state index contributed by atoms with van der Waals surface area (Å²) in [5, 5.41) is 0. The van der Waals surface area contributed by atoms with Crippen LogP contribution >= 0.6 is 0 Å².